The van der Waals surface area contributed by atoms with Gasteiger partial charge in [-0.1, -0.05) is 26.7 Å². The van der Waals surface area contributed by atoms with Crippen molar-refractivity contribution in [3.05, 3.63) is 0 Å². The van der Waals surface area contributed by atoms with Gasteiger partial charge < -0.3 is 5.73 Å². The van der Waals surface area contributed by atoms with Crippen LogP contribution < -0.4 is 11.1 Å². The third kappa shape index (κ3) is 1.57. The number of nitrogens with one attached hydrogen (secondary N) is 1. The lowest BCUT2D eigenvalue weighted by Crippen LogP contribution is -2.35. The molecule has 1 aliphatic heterocycles. The highest BCUT2D eigenvalue weighted by Gasteiger charge is 2.30. The van der Waals surface area contributed by atoms with Gasteiger partial charge in [0.1, 0.15) is 6.04 Å². The second-order valence-electron chi connectivity index (χ2n) is 3.03. The summed E-state index contributed by atoms with van der Waals surface area (Å²) in [7, 11) is 0. The predicted octanol–water partition coefficient (Wildman–Crippen LogP) is 0.236. The van der Waals surface area contributed by atoms with Crippen molar-refractivity contribution in [2.24, 2.45) is 16.6 Å². The van der Waals surface area contributed by atoms with E-state index in [9.17, 15) is 4.79 Å². The summed E-state index contributed by atoms with van der Waals surface area (Å²) < 4.78 is 0. The summed E-state index contributed by atoms with van der Waals surface area (Å²) in [5.41, 5.74) is 5.38. The number of guanidine groups is 1. The van der Waals surface area contributed by atoms with Crippen LogP contribution in [0.25, 0.3) is 0 Å². The van der Waals surface area contributed by atoms with Crippen molar-refractivity contribution in [1.82, 2.24) is 5.32 Å². The molecule has 0 aromatic carbocycles. The van der Waals surface area contributed by atoms with Crippen molar-refractivity contribution < 1.29 is 4.79 Å². The van der Waals surface area contributed by atoms with Gasteiger partial charge >= 0.3 is 0 Å². The van der Waals surface area contributed by atoms with Crippen LogP contribution in [-0.4, -0.2) is 17.9 Å². The van der Waals surface area contributed by atoms with Gasteiger partial charge in [0, 0.05) is 0 Å². The second-order valence-corrected chi connectivity index (χ2v) is 3.03. The Hall–Kier alpha value is -1.06. The molecule has 0 aliphatic carbocycles. The molecule has 12 heavy (non-hydrogen) atoms. The summed E-state index contributed by atoms with van der Waals surface area (Å²) in [5.74, 6) is 0.532. The molecule has 1 rings (SSSR count). The molecule has 0 spiro atoms. The van der Waals surface area contributed by atoms with Gasteiger partial charge in [-0.3, -0.25) is 10.1 Å². The number of hydrogen-bond acceptors (Lipinski definition) is 3. The molecule has 0 fully saturated rings. The third-order valence-corrected chi connectivity index (χ3v) is 2.29. The zero-order valence-corrected chi connectivity index (χ0v) is 7.50. The first-order chi connectivity index (χ1) is 5.69. The number of rotatable bonds is 3. The van der Waals surface area contributed by atoms with Crippen LogP contribution in [0.1, 0.15) is 26.7 Å². The van der Waals surface area contributed by atoms with E-state index in [2.05, 4.69) is 24.2 Å². The van der Waals surface area contributed by atoms with E-state index in [1.807, 2.05) is 0 Å². The smallest absolute Gasteiger partial charge is 0.251 e. The van der Waals surface area contributed by atoms with E-state index in [1.54, 1.807) is 0 Å². The third-order valence-electron chi connectivity index (χ3n) is 2.29. The van der Waals surface area contributed by atoms with Crippen LogP contribution in [0.4, 0.5) is 0 Å². The zero-order valence-electron chi connectivity index (χ0n) is 7.50. The van der Waals surface area contributed by atoms with E-state index in [1.165, 1.54) is 0 Å². The standard InChI is InChI=1S/C8H15N3O/c1-3-5(4-2)6-7(12)11-8(9)10-6/h5-6H,3-4H2,1-2H3,(H3,9,10,11,12). The zero-order chi connectivity index (χ0) is 9.14. The van der Waals surface area contributed by atoms with Crippen molar-refractivity contribution in [3.63, 3.8) is 0 Å². The largest absolute Gasteiger partial charge is 0.370 e. The molecule has 0 aromatic heterocycles. The normalized spacial score (nSPS) is 22.8. The highest BCUT2D eigenvalue weighted by atomic mass is 16.2. The first kappa shape index (κ1) is 9.03. The van der Waals surface area contributed by atoms with Gasteiger partial charge in [0.25, 0.3) is 5.91 Å². The number of amides is 1. The van der Waals surface area contributed by atoms with E-state index >= 15 is 0 Å². The highest BCUT2D eigenvalue weighted by Crippen LogP contribution is 2.18. The fourth-order valence-corrected chi connectivity index (χ4v) is 1.50. The van der Waals surface area contributed by atoms with Gasteiger partial charge in [-0.05, 0) is 5.92 Å². The molecule has 1 atom stereocenters. The van der Waals surface area contributed by atoms with Crippen molar-refractivity contribution in [2.45, 2.75) is 32.7 Å². The number of carbonyl (C=O) groups is 1. The first-order valence-electron chi connectivity index (χ1n) is 4.33. The summed E-state index contributed by atoms with van der Waals surface area (Å²) in [6, 6.07) is -0.250. The molecular weight excluding hydrogens is 154 g/mol. The van der Waals surface area contributed by atoms with Gasteiger partial charge in [-0.25, -0.2) is 4.99 Å². The number of nitrogens with zero attached hydrogens (tertiary/aromatic N) is 1. The maximum absolute atomic E-state index is 11.2. The van der Waals surface area contributed by atoms with Crippen LogP contribution in [0.5, 0.6) is 0 Å². The molecule has 0 saturated carbocycles. The molecule has 1 aliphatic rings. The van der Waals surface area contributed by atoms with Crippen molar-refractivity contribution >= 4 is 11.9 Å². The Morgan fingerprint density at radius 2 is 2.17 bits per heavy atom. The quantitative estimate of drug-likeness (QED) is 0.635. The van der Waals surface area contributed by atoms with Gasteiger partial charge in [-0.2, -0.15) is 0 Å². The Balaban J connectivity index is 2.67. The van der Waals surface area contributed by atoms with Crippen LogP contribution in [-0.2, 0) is 4.79 Å². The van der Waals surface area contributed by atoms with Crippen LogP contribution in [0.2, 0.25) is 0 Å². The lowest BCUT2D eigenvalue weighted by Gasteiger charge is -2.14. The van der Waals surface area contributed by atoms with Crippen LogP contribution >= 0.6 is 0 Å². The fourth-order valence-electron chi connectivity index (χ4n) is 1.50. The van der Waals surface area contributed by atoms with E-state index < -0.39 is 0 Å². The summed E-state index contributed by atoms with van der Waals surface area (Å²) >= 11 is 0. The van der Waals surface area contributed by atoms with Gasteiger partial charge in [0.2, 0.25) is 0 Å². The Labute approximate surface area is 72.2 Å². The van der Waals surface area contributed by atoms with E-state index in [4.69, 9.17) is 5.73 Å². The Kier molecular flexibility index (Phi) is 2.68. The minimum atomic E-state index is -0.250. The topological polar surface area (TPSA) is 67.5 Å². The molecule has 4 nitrogen and oxygen atoms in total. The van der Waals surface area contributed by atoms with Gasteiger partial charge in [-0.15, -0.1) is 0 Å². The van der Waals surface area contributed by atoms with Crippen molar-refractivity contribution in [3.8, 4) is 0 Å². The fraction of sp³-hybridized carbons (Fsp3) is 0.750. The summed E-state index contributed by atoms with van der Waals surface area (Å²) in [6.07, 6.45) is 1.93. The predicted molar refractivity (Wildman–Crippen MR) is 47.6 cm³/mol. The lowest BCUT2D eigenvalue weighted by molar-refractivity contribution is -0.121. The van der Waals surface area contributed by atoms with Crippen molar-refractivity contribution in [1.29, 1.82) is 0 Å². The minimum absolute atomic E-state index is 0.0544. The Morgan fingerprint density at radius 3 is 2.50 bits per heavy atom. The minimum Gasteiger partial charge on any atom is -0.370 e. The van der Waals surface area contributed by atoms with Crippen LogP contribution in [0, 0.1) is 5.92 Å². The highest BCUT2D eigenvalue weighted by molar-refractivity contribution is 6.04. The molecule has 4 heteroatoms. The SMILES string of the molecule is CCC(CC)C1N=C(N)NC1=O. The van der Waals surface area contributed by atoms with Gasteiger partial charge in [0.05, 0.1) is 0 Å². The number of carbonyl (C=O) groups excluding carboxylic acids is 1. The van der Waals surface area contributed by atoms with Crippen LogP contribution in [0.3, 0.4) is 0 Å². The van der Waals surface area contributed by atoms with E-state index in [0.29, 0.717) is 5.92 Å². The second kappa shape index (κ2) is 3.56. The average molecular weight is 169 g/mol. The lowest BCUT2D eigenvalue weighted by atomic mass is 9.95. The maximum atomic E-state index is 11.2. The van der Waals surface area contributed by atoms with E-state index in [0.717, 1.165) is 12.8 Å². The van der Waals surface area contributed by atoms with Crippen molar-refractivity contribution in [2.75, 3.05) is 0 Å². The average Bonchev–Trinajstić information content (AvgIpc) is 2.34. The molecule has 1 heterocycles. The summed E-state index contributed by atoms with van der Waals surface area (Å²) in [6.45, 7) is 4.12. The monoisotopic (exact) mass is 169 g/mol. The molecule has 1 amide bonds. The Morgan fingerprint density at radius 1 is 1.58 bits per heavy atom. The molecule has 3 N–H and O–H groups in total. The number of hydrogen-bond donors (Lipinski definition) is 2. The number of nitrogens with two attached hydrogens (primary N) is 1. The first-order valence-corrected chi connectivity index (χ1v) is 4.33. The molecule has 68 valence electrons. The molecule has 0 aromatic rings. The van der Waals surface area contributed by atoms with Crippen LogP contribution in [0.15, 0.2) is 4.99 Å². The molecule has 0 radical (unpaired) electrons. The van der Waals surface area contributed by atoms with E-state index in [-0.39, 0.29) is 17.9 Å². The maximum Gasteiger partial charge on any atom is 0.251 e. The molecule has 0 bridgehead atoms. The van der Waals surface area contributed by atoms with Gasteiger partial charge in [0.15, 0.2) is 5.96 Å². The summed E-state index contributed by atoms with van der Waals surface area (Å²) in [4.78, 5) is 15.3. The summed E-state index contributed by atoms with van der Waals surface area (Å²) in [5, 5.41) is 2.50. The Bertz CT molecular complexity index is 208. The molecule has 1 unspecified atom stereocenters. The molecular formula is C8H15N3O. The molecule has 0 saturated heterocycles. The number of aliphatic imine (C=N–C) groups is 1.